The Morgan fingerprint density at radius 1 is 1.35 bits per heavy atom. The van der Waals surface area contributed by atoms with Gasteiger partial charge in [0.25, 0.3) is 11.1 Å². The topological polar surface area (TPSA) is 76.2 Å². The molecular formula is C17H17IN2O5S. The SMILES string of the molecule is COc1ccc(/C=C2\SC(=O)N(CC(=O)N3CCOCC3)C2=O)cc1I. The minimum Gasteiger partial charge on any atom is -0.496 e. The number of hydrogen-bond donors (Lipinski definition) is 0. The maximum atomic E-state index is 12.5. The van der Waals surface area contributed by atoms with Gasteiger partial charge in [0.15, 0.2) is 0 Å². The molecule has 0 saturated carbocycles. The van der Waals surface area contributed by atoms with Crippen LogP contribution in [0.4, 0.5) is 4.79 Å². The van der Waals surface area contributed by atoms with Crippen molar-refractivity contribution in [2.24, 2.45) is 0 Å². The van der Waals surface area contributed by atoms with Crippen molar-refractivity contribution >= 4 is 57.5 Å². The van der Waals surface area contributed by atoms with E-state index < -0.39 is 11.1 Å². The molecule has 7 nitrogen and oxygen atoms in total. The molecule has 2 aliphatic heterocycles. The average Bonchev–Trinajstić information content (AvgIpc) is 2.90. The number of hydrogen-bond acceptors (Lipinski definition) is 6. The fraction of sp³-hybridized carbons (Fsp3) is 0.353. The van der Waals surface area contributed by atoms with Crippen molar-refractivity contribution in [2.45, 2.75) is 0 Å². The van der Waals surface area contributed by atoms with Crippen LogP contribution in [0.5, 0.6) is 5.75 Å². The molecule has 0 aromatic heterocycles. The molecule has 2 heterocycles. The lowest BCUT2D eigenvalue weighted by Crippen LogP contribution is -2.46. The number of morpholine rings is 1. The minimum absolute atomic E-state index is 0.234. The van der Waals surface area contributed by atoms with Gasteiger partial charge in [-0.25, -0.2) is 0 Å². The molecule has 3 amide bonds. The first kappa shape index (κ1) is 19.2. The summed E-state index contributed by atoms with van der Waals surface area (Å²) in [5.41, 5.74) is 0.792. The predicted molar refractivity (Wildman–Crippen MR) is 106 cm³/mol. The zero-order chi connectivity index (χ0) is 18.7. The van der Waals surface area contributed by atoms with Crippen molar-refractivity contribution in [2.75, 3.05) is 40.0 Å². The number of ether oxygens (including phenoxy) is 2. The number of methoxy groups -OCH3 is 1. The zero-order valence-electron chi connectivity index (χ0n) is 14.1. The number of carbonyl (C=O) groups is 3. The second-order valence-corrected chi connectivity index (χ2v) is 7.81. The molecule has 9 heteroatoms. The van der Waals surface area contributed by atoms with Crippen LogP contribution < -0.4 is 4.74 Å². The fourth-order valence-corrected chi connectivity index (χ4v) is 4.21. The Hall–Kier alpha value is -1.59. The molecule has 0 unspecified atom stereocenters. The third-order valence-corrected chi connectivity index (χ3v) is 5.75. The van der Waals surface area contributed by atoms with Gasteiger partial charge >= 0.3 is 0 Å². The average molecular weight is 488 g/mol. The quantitative estimate of drug-likeness (QED) is 0.478. The van der Waals surface area contributed by atoms with E-state index >= 15 is 0 Å². The first-order valence-electron chi connectivity index (χ1n) is 7.94. The number of amides is 3. The van der Waals surface area contributed by atoms with E-state index in [4.69, 9.17) is 9.47 Å². The Labute approximate surface area is 168 Å². The number of halogens is 1. The van der Waals surface area contributed by atoms with Gasteiger partial charge in [-0.1, -0.05) is 6.07 Å². The van der Waals surface area contributed by atoms with Crippen molar-refractivity contribution < 1.29 is 23.9 Å². The van der Waals surface area contributed by atoms with Crippen LogP contribution in [0, 0.1) is 3.57 Å². The fourth-order valence-electron chi connectivity index (χ4n) is 2.61. The van der Waals surface area contributed by atoms with Crippen molar-refractivity contribution in [1.82, 2.24) is 9.80 Å². The lowest BCUT2D eigenvalue weighted by Gasteiger charge is -2.28. The number of nitrogens with zero attached hydrogens (tertiary/aromatic N) is 2. The van der Waals surface area contributed by atoms with Crippen molar-refractivity contribution in [3.05, 3.63) is 32.2 Å². The van der Waals surface area contributed by atoms with Crippen LogP contribution in [0.3, 0.4) is 0 Å². The molecule has 2 aliphatic rings. The van der Waals surface area contributed by atoms with Gasteiger partial charge in [-0.15, -0.1) is 0 Å². The van der Waals surface area contributed by atoms with Crippen LogP contribution in [0.1, 0.15) is 5.56 Å². The number of benzene rings is 1. The Bertz CT molecular complexity index is 776. The van der Waals surface area contributed by atoms with E-state index in [1.165, 1.54) is 0 Å². The van der Waals surface area contributed by atoms with Gasteiger partial charge in [-0.05, 0) is 58.1 Å². The van der Waals surface area contributed by atoms with E-state index in [-0.39, 0.29) is 12.5 Å². The number of rotatable bonds is 4. The van der Waals surface area contributed by atoms with Crippen LogP contribution in [0.25, 0.3) is 6.08 Å². The standard InChI is InChI=1S/C17H17IN2O5S/c1-24-13-3-2-11(8-12(13)18)9-14-16(22)20(17(23)26-14)10-15(21)19-4-6-25-7-5-19/h2-3,8-9H,4-7,10H2,1H3/b14-9-. The molecule has 0 radical (unpaired) electrons. The summed E-state index contributed by atoms with van der Waals surface area (Å²) < 4.78 is 11.3. The molecule has 26 heavy (non-hydrogen) atoms. The van der Waals surface area contributed by atoms with Gasteiger partial charge in [0, 0.05) is 13.1 Å². The van der Waals surface area contributed by atoms with Gasteiger partial charge in [-0.2, -0.15) is 0 Å². The van der Waals surface area contributed by atoms with E-state index in [0.29, 0.717) is 31.2 Å². The summed E-state index contributed by atoms with van der Waals surface area (Å²) >= 11 is 2.99. The highest BCUT2D eigenvalue weighted by Crippen LogP contribution is 2.33. The normalized spacial score (nSPS) is 19.4. The first-order valence-corrected chi connectivity index (χ1v) is 9.83. The maximum absolute atomic E-state index is 12.5. The predicted octanol–water partition coefficient (Wildman–Crippen LogP) is 2.19. The minimum atomic E-state index is -0.438. The third-order valence-electron chi connectivity index (χ3n) is 4.00. The van der Waals surface area contributed by atoms with E-state index in [2.05, 4.69) is 22.6 Å². The van der Waals surface area contributed by atoms with Crippen molar-refractivity contribution in [3.63, 3.8) is 0 Å². The Kier molecular flexibility index (Phi) is 6.20. The van der Waals surface area contributed by atoms with Gasteiger partial charge in [0.2, 0.25) is 5.91 Å². The molecule has 0 aliphatic carbocycles. The van der Waals surface area contributed by atoms with E-state index in [9.17, 15) is 14.4 Å². The maximum Gasteiger partial charge on any atom is 0.294 e. The molecule has 2 fully saturated rings. The molecule has 0 N–H and O–H groups in total. The summed E-state index contributed by atoms with van der Waals surface area (Å²) in [5, 5.41) is -0.425. The summed E-state index contributed by atoms with van der Waals surface area (Å²) in [6, 6.07) is 5.49. The molecule has 0 atom stereocenters. The Morgan fingerprint density at radius 2 is 2.08 bits per heavy atom. The van der Waals surface area contributed by atoms with Crippen LogP contribution >= 0.6 is 34.4 Å². The van der Waals surface area contributed by atoms with E-state index in [0.717, 1.165) is 31.5 Å². The summed E-state index contributed by atoms with van der Waals surface area (Å²) in [6.07, 6.45) is 1.66. The van der Waals surface area contributed by atoms with E-state index in [1.807, 2.05) is 12.1 Å². The van der Waals surface area contributed by atoms with Crippen LogP contribution in [0.15, 0.2) is 23.1 Å². The highest BCUT2D eigenvalue weighted by Gasteiger charge is 2.37. The molecular weight excluding hydrogens is 471 g/mol. The van der Waals surface area contributed by atoms with Crippen molar-refractivity contribution in [1.29, 1.82) is 0 Å². The van der Waals surface area contributed by atoms with Crippen LogP contribution in [-0.2, 0) is 14.3 Å². The van der Waals surface area contributed by atoms with Crippen molar-refractivity contribution in [3.8, 4) is 5.75 Å². The molecule has 0 spiro atoms. The first-order chi connectivity index (χ1) is 12.5. The molecule has 138 valence electrons. The largest absolute Gasteiger partial charge is 0.496 e. The molecule has 0 bridgehead atoms. The summed E-state index contributed by atoms with van der Waals surface area (Å²) in [4.78, 5) is 40.0. The number of imide groups is 1. The zero-order valence-corrected chi connectivity index (χ0v) is 17.0. The lowest BCUT2D eigenvalue weighted by atomic mass is 10.2. The van der Waals surface area contributed by atoms with Crippen LogP contribution in [-0.4, -0.2) is 66.8 Å². The molecule has 3 rings (SSSR count). The second kappa shape index (κ2) is 8.40. The Balaban J connectivity index is 1.71. The van der Waals surface area contributed by atoms with Gasteiger partial charge in [-0.3, -0.25) is 19.3 Å². The second-order valence-electron chi connectivity index (χ2n) is 5.65. The summed E-state index contributed by atoms with van der Waals surface area (Å²) in [6.45, 7) is 1.68. The van der Waals surface area contributed by atoms with Crippen LogP contribution in [0.2, 0.25) is 0 Å². The highest BCUT2D eigenvalue weighted by molar-refractivity contribution is 14.1. The van der Waals surface area contributed by atoms with Gasteiger partial charge in [0.05, 0.1) is 28.8 Å². The van der Waals surface area contributed by atoms with Gasteiger partial charge < -0.3 is 14.4 Å². The van der Waals surface area contributed by atoms with Gasteiger partial charge in [0.1, 0.15) is 12.3 Å². The summed E-state index contributed by atoms with van der Waals surface area (Å²) in [5.74, 6) is 0.0650. The summed E-state index contributed by atoms with van der Waals surface area (Å²) in [7, 11) is 1.59. The molecule has 1 aromatic rings. The Morgan fingerprint density at radius 3 is 2.73 bits per heavy atom. The van der Waals surface area contributed by atoms with E-state index in [1.54, 1.807) is 24.2 Å². The third kappa shape index (κ3) is 4.21. The highest BCUT2D eigenvalue weighted by atomic mass is 127. The molecule has 2 saturated heterocycles. The number of thioether (sulfide) groups is 1. The number of carbonyl (C=O) groups excluding carboxylic acids is 3. The monoisotopic (exact) mass is 488 g/mol. The smallest absolute Gasteiger partial charge is 0.294 e. The lowest BCUT2D eigenvalue weighted by molar-refractivity contribution is -0.139. The molecule has 1 aromatic carbocycles.